The minimum absolute atomic E-state index is 0.126. The standard InChI is InChI=1S/C15H21FN2/c1-11(2)9-18(12(3)4)10-13-5-6-15(16)14(7-13)8-17/h5-7,11-12H,9-10H2,1-4H3. The maximum Gasteiger partial charge on any atom is 0.140 e. The molecule has 2 nitrogen and oxygen atoms in total. The molecule has 0 amide bonds. The highest BCUT2D eigenvalue weighted by molar-refractivity contribution is 5.34. The monoisotopic (exact) mass is 248 g/mol. The van der Waals surface area contributed by atoms with Crippen molar-refractivity contribution in [3.8, 4) is 6.07 Å². The molecule has 0 radical (unpaired) electrons. The summed E-state index contributed by atoms with van der Waals surface area (Å²) >= 11 is 0. The molecular weight excluding hydrogens is 227 g/mol. The van der Waals surface area contributed by atoms with Crippen LogP contribution in [0.1, 0.15) is 38.8 Å². The van der Waals surface area contributed by atoms with E-state index in [4.69, 9.17) is 5.26 Å². The van der Waals surface area contributed by atoms with Crippen LogP contribution < -0.4 is 0 Å². The van der Waals surface area contributed by atoms with Gasteiger partial charge in [0.15, 0.2) is 0 Å². The number of halogens is 1. The van der Waals surface area contributed by atoms with Crippen molar-refractivity contribution < 1.29 is 4.39 Å². The summed E-state index contributed by atoms with van der Waals surface area (Å²) < 4.78 is 13.2. The van der Waals surface area contributed by atoms with E-state index < -0.39 is 5.82 Å². The van der Waals surface area contributed by atoms with Crippen molar-refractivity contribution >= 4 is 0 Å². The fourth-order valence-electron chi connectivity index (χ4n) is 1.92. The Balaban J connectivity index is 2.84. The maximum absolute atomic E-state index is 13.2. The molecule has 3 heteroatoms. The van der Waals surface area contributed by atoms with Crippen molar-refractivity contribution in [2.75, 3.05) is 6.54 Å². The summed E-state index contributed by atoms with van der Waals surface area (Å²) in [5.74, 6) is 0.143. The molecule has 1 rings (SSSR count). The molecule has 0 bridgehead atoms. The minimum Gasteiger partial charge on any atom is -0.296 e. The summed E-state index contributed by atoms with van der Waals surface area (Å²) in [6, 6.07) is 7.10. The predicted molar refractivity (Wildman–Crippen MR) is 71.5 cm³/mol. The van der Waals surface area contributed by atoms with Crippen LogP contribution in [-0.2, 0) is 6.54 Å². The van der Waals surface area contributed by atoms with E-state index in [-0.39, 0.29) is 5.56 Å². The molecule has 1 aromatic carbocycles. The first-order chi connectivity index (χ1) is 8.43. The van der Waals surface area contributed by atoms with Crippen molar-refractivity contribution in [3.05, 3.63) is 35.1 Å². The van der Waals surface area contributed by atoms with Gasteiger partial charge < -0.3 is 0 Å². The van der Waals surface area contributed by atoms with Crippen LogP contribution in [0.3, 0.4) is 0 Å². The number of hydrogen-bond donors (Lipinski definition) is 0. The van der Waals surface area contributed by atoms with E-state index >= 15 is 0 Å². The summed E-state index contributed by atoms with van der Waals surface area (Å²) in [6.45, 7) is 10.4. The maximum atomic E-state index is 13.2. The van der Waals surface area contributed by atoms with Crippen LogP contribution in [0.4, 0.5) is 4.39 Å². The molecule has 0 spiro atoms. The Labute approximate surface area is 109 Å². The van der Waals surface area contributed by atoms with Crippen molar-refractivity contribution in [1.82, 2.24) is 4.90 Å². The SMILES string of the molecule is CC(C)CN(Cc1ccc(F)c(C#N)c1)C(C)C. The van der Waals surface area contributed by atoms with E-state index in [2.05, 4.69) is 32.6 Å². The number of nitriles is 1. The van der Waals surface area contributed by atoms with E-state index in [9.17, 15) is 4.39 Å². The Hall–Kier alpha value is -1.40. The van der Waals surface area contributed by atoms with E-state index in [1.165, 1.54) is 6.07 Å². The average Bonchev–Trinajstić information content (AvgIpc) is 2.29. The van der Waals surface area contributed by atoms with Crippen LogP contribution in [0.5, 0.6) is 0 Å². The fourth-order valence-corrected chi connectivity index (χ4v) is 1.92. The Morgan fingerprint density at radius 1 is 1.28 bits per heavy atom. The minimum atomic E-state index is -0.443. The molecule has 0 saturated heterocycles. The van der Waals surface area contributed by atoms with E-state index in [1.807, 2.05) is 6.07 Å². The second-order valence-electron chi connectivity index (χ2n) is 5.34. The summed E-state index contributed by atoms with van der Waals surface area (Å²) in [4.78, 5) is 2.33. The van der Waals surface area contributed by atoms with Gasteiger partial charge in [-0.05, 0) is 37.5 Å². The average molecular weight is 248 g/mol. The predicted octanol–water partition coefficient (Wildman–Crippen LogP) is 3.56. The normalized spacial score (nSPS) is 11.3. The number of rotatable bonds is 5. The van der Waals surface area contributed by atoms with Crippen molar-refractivity contribution in [2.24, 2.45) is 5.92 Å². The van der Waals surface area contributed by atoms with Gasteiger partial charge in [-0.15, -0.1) is 0 Å². The molecule has 98 valence electrons. The van der Waals surface area contributed by atoms with Crippen LogP contribution in [0.2, 0.25) is 0 Å². The number of benzene rings is 1. The van der Waals surface area contributed by atoms with Crippen molar-refractivity contribution in [3.63, 3.8) is 0 Å². The fraction of sp³-hybridized carbons (Fsp3) is 0.533. The zero-order valence-electron chi connectivity index (χ0n) is 11.6. The molecule has 0 atom stereocenters. The lowest BCUT2D eigenvalue weighted by molar-refractivity contribution is 0.189. The molecule has 0 N–H and O–H groups in total. The molecule has 1 aromatic rings. The first-order valence-corrected chi connectivity index (χ1v) is 6.36. The van der Waals surface area contributed by atoms with Gasteiger partial charge in [0.05, 0.1) is 5.56 Å². The van der Waals surface area contributed by atoms with Gasteiger partial charge in [-0.1, -0.05) is 19.9 Å². The Morgan fingerprint density at radius 2 is 1.94 bits per heavy atom. The summed E-state index contributed by atoms with van der Waals surface area (Å²) in [7, 11) is 0. The lowest BCUT2D eigenvalue weighted by Crippen LogP contribution is -2.33. The topological polar surface area (TPSA) is 27.0 Å². The quantitative estimate of drug-likeness (QED) is 0.796. The lowest BCUT2D eigenvalue weighted by atomic mass is 10.1. The molecule has 18 heavy (non-hydrogen) atoms. The second kappa shape index (κ2) is 6.51. The third-order valence-corrected chi connectivity index (χ3v) is 2.87. The Kier molecular flexibility index (Phi) is 5.30. The summed E-state index contributed by atoms with van der Waals surface area (Å²) in [6.07, 6.45) is 0. The van der Waals surface area contributed by atoms with Gasteiger partial charge in [-0.3, -0.25) is 4.90 Å². The van der Waals surface area contributed by atoms with E-state index in [0.29, 0.717) is 12.0 Å². The molecular formula is C15H21FN2. The van der Waals surface area contributed by atoms with Crippen LogP contribution in [0.15, 0.2) is 18.2 Å². The molecule has 0 aliphatic rings. The third-order valence-electron chi connectivity index (χ3n) is 2.87. The van der Waals surface area contributed by atoms with Crippen LogP contribution in [-0.4, -0.2) is 17.5 Å². The smallest absolute Gasteiger partial charge is 0.140 e. The van der Waals surface area contributed by atoms with Crippen molar-refractivity contribution in [2.45, 2.75) is 40.3 Å². The number of nitrogens with zero attached hydrogens (tertiary/aromatic N) is 2. The number of hydrogen-bond acceptors (Lipinski definition) is 2. The second-order valence-corrected chi connectivity index (χ2v) is 5.34. The van der Waals surface area contributed by atoms with Gasteiger partial charge in [0.1, 0.15) is 11.9 Å². The van der Waals surface area contributed by atoms with Gasteiger partial charge in [-0.2, -0.15) is 5.26 Å². The van der Waals surface area contributed by atoms with Crippen molar-refractivity contribution in [1.29, 1.82) is 5.26 Å². The molecule has 0 heterocycles. The lowest BCUT2D eigenvalue weighted by Gasteiger charge is -2.28. The van der Waals surface area contributed by atoms with Gasteiger partial charge in [0.2, 0.25) is 0 Å². The molecule has 0 saturated carbocycles. The largest absolute Gasteiger partial charge is 0.296 e. The summed E-state index contributed by atoms with van der Waals surface area (Å²) in [5, 5.41) is 8.83. The van der Waals surface area contributed by atoms with Crippen LogP contribution in [0, 0.1) is 23.1 Å². The van der Waals surface area contributed by atoms with E-state index in [0.717, 1.165) is 18.7 Å². The highest BCUT2D eigenvalue weighted by Gasteiger charge is 2.12. The van der Waals surface area contributed by atoms with Gasteiger partial charge in [0.25, 0.3) is 0 Å². The highest BCUT2D eigenvalue weighted by atomic mass is 19.1. The zero-order valence-corrected chi connectivity index (χ0v) is 11.6. The molecule has 0 unspecified atom stereocenters. The van der Waals surface area contributed by atoms with Gasteiger partial charge in [-0.25, -0.2) is 4.39 Å². The molecule has 0 aromatic heterocycles. The molecule has 0 aliphatic heterocycles. The Morgan fingerprint density at radius 3 is 2.44 bits per heavy atom. The van der Waals surface area contributed by atoms with Gasteiger partial charge >= 0.3 is 0 Å². The molecule has 0 aliphatic carbocycles. The first-order valence-electron chi connectivity index (χ1n) is 6.36. The molecule has 0 fully saturated rings. The zero-order chi connectivity index (χ0) is 13.7. The van der Waals surface area contributed by atoms with Crippen LogP contribution in [0.25, 0.3) is 0 Å². The van der Waals surface area contributed by atoms with Gasteiger partial charge in [0, 0.05) is 19.1 Å². The Bertz CT molecular complexity index is 433. The third kappa shape index (κ3) is 4.12. The van der Waals surface area contributed by atoms with Crippen LogP contribution >= 0.6 is 0 Å². The van der Waals surface area contributed by atoms with E-state index in [1.54, 1.807) is 12.1 Å². The summed E-state index contributed by atoms with van der Waals surface area (Å²) in [5.41, 5.74) is 1.11. The highest BCUT2D eigenvalue weighted by Crippen LogP contribution is 2.14. The first kappa shape index (κ1) is 14.7.